The van der Waals surface area contributed by atoms with Crippen LogP contribution in [0.4, 0.5) is 16.4 Å². The summed E-state index contributed by atoms with van der Waals surface area (Å²) in [6.07, 6.45) is 2.91. The fourth-order valence-electron chi connectivity index (χ4n) is 3.66. The summed E-state index contributed by atoms with van der Waals surface area (Å²) in [7, 11) is 0. The van der Waals surface area contributed by atoms with Crippen LogP contribution in [0.5, 0.6) is 0 Å². The van der Waals surface area contributed by atoms with Crippen LogP contribution in [-0.2, 0) is 22.4 Å². The number of anilines is 3. The number of rotatable bonds is 3. The zero-order valence-electron chi connectivity index (χ0n) is 15.0. The number of thiophene rings is 1. The second-order valence-electron chi connectivity index (χ2n) is 7.15. The average Bonchev–Trinajstić information content (AvgIpc) is 2.98. The Morgan fingerprint density at radius 3 is 2.93 bits per heavy atom. The third kappa shape index (κ3) is 3.40. The largest absolute Gasteiger partial charge is 0.372 e. The molecule has 3 N–H and O–H groups in total. The lowest BCUT2D eigenvalue weighted by molar-refractivity contribution is -0.122. The molecule has 2 heterocycles. The van der Waals surface area contributed by atoms with E-state index in [1.54, 1.807) is 0 Å². The molecule has 1 aromatic heterocycles. The lowest BCUT2D eigenvalue weighted by atomic mass is 9.88. The van der Waals surface area contributed by atoms with E-state index in [4.69, 9.17) is 0 Å². The quantitative estimate of drug-likeness (QED) is 0.759. The molecule has 2 aliphatic rings. The van der Waals surface area contributed by atoms with E-state index in [-0.39, 0.29) is 18.2 Å². The van der Waals surface area contributed by atoms with Crippen LogP contribution in [0.1, 0.15) is 35.8 Å². The first-order valence-corrected chi connectivity index (χ1v) is 9.87. The number of nitrogens with one attached hydrogen (secondary N) is 3. The number of fused-ring (bicyclic) bond motifs is 2. The molecule has 0 spiro atoms. The third-order valence-corrected chi connectivity index (χ3v) is 6.27. The van der Waals surface area contributed by atoms with Gasteiger partial charge in [-0.3, -0.25) is 9.59 Å². The number of carbonyl (C=O) groups excluding carboxylic acids is 2. The van der Waals surface area contributed by atoms with Gasteiger partial charge in [0.25, 0.3) is 0 Å². The molecule has 0 radical (unpaired) electrons. The molecule has 2 atom stereocenters. The Kier molecular flexibility index (Phi) is 4.58. The van der Waals surface area contributed by atoms with Crippen LogP contribution in [-0.4, -0.2) is 17.9 Å². The van der Waals surface area contributed by atoms with Gasteiger partial charge in [-0.15, -0.1) is 11.3 Å². The van der Waals surface area contributed by atoms with Crippen molar-refractivity contribution in [1.82, 2.24) is 0 Å². The van der Waals surface area contributed by atoms with E-state index < -0.39 is 6.04 Å². The number of hydrogen-bond donors (Lipinski definition) is 3. The van der Waals surface area contributed by atoms with E-state index in [0.717, 1.165) is 30.5 Å². The number of benzene rings is 1. The van der Waals surface area contributed by atoms with Crippen LogP contribution in [0.2, 0.25) is 0 Å². The van der Waals surface area contributed by atoms with Crippen LogP contribution in [0.3, 0.4) is 0 Å². The molecule has 0 bridgehead atoms. The molecule has 1 aliphatic carbocycles. The summed E-state index contributed by atoms with van der Waals surface area (Å²) >= 11 is 1.49. The Balaban J connectivity index is 1.48. The van der Waals surface area contributed by atoms with E-state index >= 15 is 0 Å². The lowest BCUT2D eigenvalue weighted by Crippen LogP contribution is -2.41. The van der Waals surface area contributed by atoms with Gasteiger partial charge in [-0.1, -0.05) is 19.1 Å². The number of nitrogens with zero attached hydrogens (tertiary/aromatic N) is 1. The summed E-state index contributed by atoms with van der Waals surface area (Å²) in [5.74, 6) is 0.0929. The molecule has 2 unspecified atom stereocenters. The predicted octanol–water partition coefficient (Wildman–Crippen LogP) is 3.51. The van der Waals surface area contributed by atoms with Crippen LogP contribution < -0.4 is 16.0 Å². The van der Waals surface area contributed by atoms with E-state index in [1.807, 2.05) is 24.3 Å². The molecule has 1 aliphatic heterocycles. The van der Waals surface area contributed by atoms with Gasteiger partial charge in [-0.25, -0.2) is 0 Å². The third-order valence-electron chi connectivity index (χ3n) is 5.10. The summed E-state index contributed by atoms with van der Waals surface area (Å²) in [6.45, 7) is 2.21. The van der Waals surface area contributed by atoms with Crippen molar-refractivity contribution in [2.24, 2.45) is 5.92 Å². The lowest BCUT2D eigenvalue weighted by Gasteiger charge is -2.26. The molecule has 27 heavy (non-hydrogen) atoms. The Hall–Kier alpha value is -2.85. The number of para-hydroxylation sites is 2. The van der Waals surface area contributed by atoms with Crippen LogP contribution in [0.25, 0.3) is 0 Å². The van der Waals surface area contributed by atoms with Crippen LogP contribution in [0.15, 0.2) is 24.3 Å². The molecule has 7 heteroatoms. The topological polar surface area (TPSA) is 94.0 Å². The van der Waals surface area contributed by atoms with Crippen LogP contribution in [0, 0.1) is 17.2 Å². The summed E-state index contributed by atoms with van der Waals surface area (Å²) < 4.78 is 0. The highest BCUT2D eigenvalue weighted by Crippen LogP contribution is 2.39. The number of amides is 2. The van der Waals surface area contributed by atoms with Gasteiger partial charge in [0.1, 0.15) is 17.1 Å². The van der Waals surface area contributed by atoms with E-state index in [1.165, 1.54) is 16.2 Å². The van der Waals surface area contributed by atoms with Gasteiger partial charge in [0, 0.05) is 4.88 Å². The first-order valence-electron chi connectivity index (χ1n) is 9.06. The van der Waals surface area contributed by atoms with Crippen molar-refractivity contribution >= 4 is 39.5 Å². The normalized spacial score (nSPS) is 20.5. The highest BCUT2D eigenvalue weighted by atomic mass is 32.1. The minimum atomic E-state index is -0.639. The molecule has 2 amide bonds. The van der Waals surface area contributed by atoms with Crippen molar-refractivity contribution in [1.29, 1.82) is 5.26 Å². The first kappa shape index (κ1) is 17.6. The monoisotopic (exact) mass is 380 g/mol. The van der Waals surface area contributed by atoms with Gasteiger partial charge >= 0.3 is 0 Å². The predicted molar refractivity (Wildman–Crippen MR) is 106 cm³/mol. The Morgan fingerprint density at radius 1 is 1.37 bits per heavy atom. The number of hydrogen-bond acceptors (Lipinski definition) is 5. The molecular weight excluding hydrogens is 360 g/mol. The average molecular weight is 380 g/mol. The number of nitriles is 1. The van der Waals surface area contributed by atoms with Gasteiger partial charge in [-0.05, 0) is 42.9 Å². The zero-order chi connectivity index (χ0) is 19.0. The summed E-state index contributed by atoms with van der Waals surface area (Å²) in [5, 5.41) is 18.9. The van der Waals surface area contributed by atoms with Crippen molar-refractivity contribution in [3.63, 3.8) is 0 Å². The number of carbonyl (C=O) groups is 2. The summed E-state index contributed by atoms with van der Waals surface area (Å²) in [5.41, 5.74) is 3.18. The molecule has 0 saturated carbocycles. The molecule has 138 valence electrons. The van der Waals surface area contributed by atoms with E-state index in [0.29, 0.717) is 22.2 Å². The highest BCUT2D eigenvalue weighted by Gasteiger charge is 2.29. The molecule has 4 rings (SSSR count). The van der Waals surface area contributed by atoms with Gasteiger partial charge in [0.15, 0.2) is 0 Å². The SMILES string of the molecule is CC1CCc2c(sc(NC(=O)CC3Nc4ccccc4NC3=O)c2C#N)C1. The molecular formula is C20H20N4O2S. The Morgan fingerprint density at radius 2 is 2.15 bits per heavy atom. The second-order valence-corrected chi connectivity index (χ2v) is 8.26. The van der Waals surface area contributed by atoms with E-state index in [9.17, 15) is 14.9 Å². The molecule has 1 aromatic carbocycles. The maximum atomic E-state index is 12.5. The summed E-state index contributed by atoms with van der Waals surface area (Å²) in [6, 6.07) is 9.00. The fourth-order valence-corrected chi connectivity index (χ4v) is 5.03. The second kappa shape index (κ2) is 7.05. The van der Waals surface area contributed by atoms with Crippen molar-refractivity contribution in [2.45, 2.75) is 38.6 Å². The van der Waals surface area contributed by atoms with Gasteiger partial charge in [0.05, 0.1) is 23.4 Å². The van der Waals surface area contributed by atoms with Crippen molar-refractivity contribution < 1.29 is 9.59 Å². The molecule has 0 saturated heterocycles. The van der Waals surface area contributed by atoms with Gasteiger partial charge in [0.2, 0.25) is 11.8 Å². The van der Waals surface area contributed by atoms with Gasteiger partial charge in [-0.2, -0.15) is 5.26 Å². The minimum absolute atomic E-state index is 0.00397. The smallest absolute Gasteiger partial charge is 0.247 e. The zero-order valence-corrected chi connectivity index (χ0v) is 15.8. The van der Waals surface area contributed by atoms with Crippen molar-refractivity contribution in [3.8, 4) is 6.07 Å². The van der Waals surface area contributed by atoms with Crippen molar-refractivity contribution in [2.75, 3.05) is 16.0 Å². The first-order chi connectivity index (χ1) is 13.0. The molecule has 6 nitrogen and oxygen atoms in total. The van der Waals surface area contributed by atoms with E-state index in [2.05, 4.69) is 28.9 Å². The fraction of sp³-hybridized carbons (Fsp3) is 0.350. The Labute approximate surface area is 161 Å². The molecule has 2 aromatic rings. The Bertz CT molecular complexity index is 959. The van der Waals surface area contributed by atoms with Crippen molar-refractivity contribution in [3.05, 3.63) is 40.3 Å². The maximum Gasteiger partial charge on any atom is 0.247 e. The maximum absolute atomic E-state index is 12.5. The van der Waals surface area contributed by atoms with Gasteiger partial charge < -0.3 is 16.0 Å². The van der Waals surface area contributed by atoms with Crippen LogP contribution >= 0.6 is 11.3 Å². The standard InChI is InChI=1S/C20H20N4O2S/c1-11-6-7-12-13(10-21)20(27-17(12)8-11)24-18(25)9-16-19(26)23-15-5-3-2-4-14(15)22-16/h2-5,11,16,22H,6-9H2,1H3,(H,23,26)(H,24,25). The minimum Gasteiger partial charge on any atom is -0.372 e. The molecule has 0 fully saturated rings. The highest BCUT2D eigenvalue weighted by molar-refractivity contribution is 7.16. The summed E-state index contributed by atoms with van der Waals surface area (Å²) in [4.78, 5) is 26.0.